The number of aromatic amines is 1. The Morgan fingerprint density at radius 1 is 1.58 bits per heavy atom. The Balaban J connectivity index is 2.35. The van der Waals surface area contributed by atoms with E-state index in [2.05, 4.69) is 27.1 Å². The molecular weight excluding hydrogens is 172 g/mol. The second-order valence-electron chi connectivity index (χ2n) is 2.19. The van der Waals surface area contributed by atoms with Gasteiger partial charge in [-0.05, 0) is 6.92 Å². The Labute approximate surface area is 73.7 Å². The number of hydrogen-bond acceptors (Lipinski definition) is 4. The van der Waals surface area contributed by atoms with Crippen molar-refractivity contribution >= 4 is 11.3 Å². The van der Waals surface area contributed by atoms with Gasteiger partial charge in [0.05, 0.1) is 0 Å². The van der Waals surface area contributed by atoms with E-state index in [0.717, 1.165) is 10.8 Å². The second kappa shape index (κ2) is 3.02. The van der Waals surface area contributed by atoms with Gasteiger partial charge < -0.3 is 0 Å². The average molecular weight is 179 g/mol. The van der Waals surface area contributed by atoms with E-state index in [1.165, 1.54) is 11.3 Å². The lowest BCUT2D eigenvalue weighted by Crippen LogP contribution is -1.81. The van der Waals surface area contributed by atoms with Gasteiger partial charge in [-0.25, -0.2) is 9.97 Å². The summed E-state index contributed by atoms with van der Waals surface area (Å²) in [5.74, 6) is 1.45. The van der Waals surface area contributed by atoms with Crippen LogP contribution in [0.5, 0.6) is 0 Å². The highest BCUT2D eigenvalue weighted by Gasteiger charge is 2.05. The summed E-state index contributed by atoms with van der Waals surface area (Å²) >= 11 is 1.52. The first-order valence-corrected chi connectivity index (χ1v) is 4.38. The summed E-state index contributed by atoms with van der Waals surface area (Å²) < 4.78 is 0. The summed E-state index contributed by atoms with van der Waals surface area (Å²) in [4.78, 5) is 8.28. The van der Waals surface area contributed by atoms with Crippen molar-refractivity contribution in [3.8, 4) is 10.8 Å². The normalized spacial score (nSPS) is 10.4. The molecule has 1 radical (unpaired) electrons. The molecule has 0 aliphatic rings. The van der Waals surface area contributed by atoms with Crippen molar-refractivity contribution in [3.63, 3.8) is 0 Å². The molecule has 0 aromatic carbocycles. The van der Waals surface area contributed by atoms with Crippen molar-refractivity contribution in [1.29, 1.82) is 0 Å². The van der Waals surface area contributed by atoms with Crippen LogP contribution in [-0.4, -0.2) is 20.2 Å². The fourth-order valence-corrected chi connectivity index (χ4v) is 1.41. The summed E-state index contributed by atoms with van der Waals surface area (Å²) in [6, 6.07) is 0. The maximum Gasteiger partial charge on any atom is 0.210 e. The van der Waals surface area contributed by atoms with E-state index < -0.39 is 0 Å². The van der Waals surface area contributed by atoms with E-state index in [1.807, 2.05) is 5.38 Å². The van der Waals surface area contributed by atoms with Crippen LogP contribution in [0.2, 0.25) is 0 Å². The minimum Gasteiger partial charge on any atom is -0.263 e. The van der Waals surface area contributed by atoms with Gasteiger partial charge in [-0.2, -0.15) is 5.10 Å². The molecule has 0 amide bonds. The quantitative estimate of drug-likeness (QED) is 0.756. The predicted octanol–water partition coefficient (Wildman–Crippen LogP) is 1.30. The Morgan fingerprint density at radius 3 is 3.08 bits per heavy atom. The molecule has 2 aromatic heterocycles. The minimum atomic E-state index is 0.623. The van der Waals surface area contributed by atoms with Crippen molar-refractivity contribution in [2.75, 3.05) is 0 Å². The van der Waals surface area contributed by atoms with Gasteiger partial charge >= 0.3 is 0 Å². The van der Waals surface area contributed by atoms with Crippen LogP contribution >= 0.6 is 11.3 Å². The standard InChI is InChI=1S/C7H7N4S/c1-2-5-9-6(11-10-5)7-8-3-4-12-7/h3-4H,1-2H2,(H,9,10,11). The van der Waals surface area contributed by atoms with Gasteiger partial charge in [0.15, 0.2) is 5.01 Å². The zero-order chi connectivity index (χ0) is 8.39. The first-order valence-electron chi connectivity index (χ1n) is 3.50. The number of hydrogen-bond donors (Lipinski definition) is 1. The van der Waals surface area contributed by atoms with Crippen molar-refractivity contribution in [3.05, 3.63) is 24.3 Å². The van der Waals surface area contributed by atoms with Crippen LogP contribution in [0.15, 0.2) is 11.6 Å². The molecule has 5 heteroatoms. The molecule has 0 spiro atoms. The Hall–Kier alpha value is -1.23. The molecule has 2 heterocycles. The summed E-state index contributed by atoms with van der Waals surface area (Å²) in [7, 11) is 0. The third kappa shape index (κ3) is 1.23. The number of nitrogens with zero attached hydrogens (tertiary/aromatic N) is 3. The number of rotatable bonds is 2. The van der Waals surface area contributed by atoms with Crippen molar-refractivity contribution in [2.45, 2.75) is 6.42 Å². The summed E-state index contributed by atoms with van der Waals surface area (Å²) in [6.07, 6.45) is 2.36. The van der Waals surface area contributed by atoms with E-state index in [4.69, 9.17) is 0 Å². The predicted molar refractivity (Wildman–Crippen MR) is 46.6 cm³/mol. The number of H-pyrrole nitrogens is 1. The number of aromatic nitrogens is 4. The highest BCUT2D eigenvalue weighted by Crippen LogP contribution is 2.16. The van der Waals surface area contributed by atoms with E-state index in [9.17, 15) is 0 Å². The first-order chi connectivity index (χ1) is 5.90. The van der Waals surface area contributed by atoms with Crippen molar-refractivity contribution < 1.29 is 0 Å². The lowest BCUT2D eigenvalue weighted by atomic mass is 10.5. The van der Waals surface area contributed by atoms with Crippen LogP contribution in [0.1, 0.15) is 5.82 Å². The van der Waals surface area contributed by atoms with Gasteiger partial charge in [-0.1, -0.05) is 0 Å². The molecule has 0 bridgehead atoms. The van der Waals surface area contributed by atoms with E-state index in [0.29, 0.717) is 12.2 Å². The molecule has 12 heavy (non-hydrogen) atoms. The highest BCUT2D eigenvalue weighted by atomic mass is 32.1. The highest BCUT2D eigenvalue weighted by molar-refractivity contribution is 7.12. The number of thiazole rings is 1. The molecular formula is C7H7N4S. The summed E-state index contributed by atoms with van der Waals surface area (Å²) in [5.41, 5.74) is 0. The van der Waals surface area contributed by atoms with Gasteiger partial charge in [-0.15, -0.1) is 11.3 Å². The third-order valence-electron chi connectivity index (χ3n) is 1.39. The molecule has 2 rings (SSSR count). The monoisotopic (exact) mass is 179 g/mol. The fourth-order valence-electron chi connectivity index (χ4n) is 0.837. The third-order valence-corrected chi connectivity index (χ3v) is 2.16. The summed E-state index contributed by atoms with van der Waals surface area (Å²) in [5, 5.41) is 9.53. The molecule has 0 aliphatic carbocycles. The fraction of sp³-hybridized carbons (Fsp3) is 0.143. The molecule has 4 nitrogen and oxygen atoms in total. The molecule has 1 N–H and O–H groups in total. The topological polar surface area (TPSA) is 54.5 Å². The Kier molecular flexibility index (Phi) is 1.87. The lowest BCUT2D eigenvalue weighted by Gasteiger charge is -1.82. The van der Waals surface area contributed by atoms with Crippen LogP contribution in [0.4, 0.5) is 0 Å². The Bertz CT molecular complexity index is 351. The van der Waals surface area contributed by atoms with Crippen LogP contribution in [0.3, 0.4) is 0 Å². The van der Waals surface area contributed by atoms with Gasteiger partial charge in [0, 0.05) is 18.0 Å². The molecule has 0 atom stereocenters. The minimum absolute atomic E-state index is 0.623. The zero-order valence-electron chi connectivity index (χ0n) is 6.32. The van der Waals surface area contributed by atoms with Crippen LogP contribution in [0, 0.1) is 6.92 Å². The van der Waals surface area contributed by atoms with Gasteiger partial charge in [0.25, 0.3) is 0 Å². The maximum absolute atomic E-state index is 4.19. The van der Waals surface area contributed by atoms with E-state index >= 15 is 0 Å². The van der Waals surface area contributed by atoms with Crippen molar-refractivity contribution in [1.82, 2.24) is 20.2 Å². The molecule has 0 aliphatic heterocycles. The molecule has 2 aromatic rings. The van der Waals surface area contributed by atoms with Crippen LogP contribution in [-0.2, 0) is 6.42 Å². The second-order valence-corrected chi connectivity index (χ2v) is 3.09. The van der Waals surface area contributed by atoms with Gasteiger partial charge in [-0.3, -0.25) is 5.10 Å². The van der Waals surface area contributed by atoms with E-state index in [-0.39, 0.29) is 0 Å². The SMILES string of the molecule is [CH2]Cc1nc(-c2nccs2)n[nH]1. The molecule has 0 fully saturated rings. The zero-order valence-corrected chi connectivity index (χ0v) is 7.14. The summed E-state index contributed by atoms with van der Waals surface area (Å²) in [6.45, 7) is 3.70. The van der Waals surface area contributed by atoms with E-state index in [1.54, 1.807) is 6.20 Å². The van der Waals surface area contributed by atoms with Crippen molar-refractivity contribution in [2.24, 2.45) is 0 Å². The molecule has 61 valence electrons. The first kappa shape index (κ1) is 7.42. The van der Waals surface area contributed by atoms with Crippen LogP contribution in [0.25, 0.3) is 10.8 Å². The molecule has 0 saturated carbocycles. The lowest BCUT2D eigenvalue weighted by molar-refractivity contribution is 0.990. The maximum atomic E-state index is 4.19. The average Bonchev–Trinajstić information content (AvgIpc) is 2.75. The molecule has 0 saturated heterocycles. The molecule has 0 unspecified atom stereocenters. The Morgan fingerprint density at radius 2 is 2.50 bits per heavy atom. The van der Waals surface area contributed by atoms with Crippen LogP contribution < -0.4 is 0 Å². The largest absolute Gasteiger partial charge is 0.263 e. The van der Waals surface area contributed by atoms with Gasteiger partial charge in [0.2, 0.25) is 5.82 Å². The van der Waals surface area contributed by atoms with Gasteiger partial charge in [0.1, 0.15) is 5.82 Å². The smallest absolute Gasteiger partial charge is 0.210 e. The number of nitrogens with one attached hydrogen (secondary N) is 1.